The molecule has 3 rings (SSSR count). The van der Waals surface area contributed by atoms with E-state index in [1.165, 1.54) is 32.1 Å². The Bertz CT molecular complexity index is 574. The maximum atomic E-state index is 6.17. The molecule has 0 aromatic carbocycles. The van der Waals surface area contributed by atoms with E-state index in [0.717, 1.165) is 29.7 Å². The highest BCUT2D eigenvalue weighted by atomic mass is 15.4. The lowest BCUT2D eigenvalue weighted by atomic mass is 9.95. The number of rotatable bonds is 3. The summed E-state index contributed by atoms with van der Waals surface area (Å²) in [4.78, 5) is 4.59. The molecule has 2 N–H and O–H groups in total. The molecule has 0 aliphatic heterocycles. The molecule has 5 heteroatoms. The molecular weight excluding hydrogens is 238 g/mol. The van der Waals surface area contributed by atoms with Gasteiger partial charge in [-0.1, -0.05) is 32.6 Å². The van der Waals surface area contributed by atoms with Gasteiger partial charge >= 0.3 is 0 Å². The first kappa shape index (κ1) is 12.5. The predicted molar refractivity (Wildman–Crippen MR) is 77.0 cm³/mol. The number of nitrogens with two attached hydrogens (primary N) is 1. The van der Waals surface area contributed by atoms with Gasteiger partial charge in [-0.25, -0.2) is 4.98 Å². The number of aryl methyl sites for hydroxylation is 2. The van der Waals surface area contributed by atoms with Gasteiger partial charge < -0.3 is 5.73 Å². The number of nitrogens with zero attached hydrogens (tertiary/aromatic N) is 4. The lowest BCUT2D eigenvalue weighted by Crippen LogP contribution is -2.16. The summed E-state index contributed by atoms with van der Waals surface area (Å²) in [7, 11) is 2.00. The molecule has 0 unspecified atom stereocenters. The van der Waals surface area contributed by atoms with E-state index in [0.29, 0.717) is 12.0 Å². The van der Waals surface area contributed by atoms with Crippen LogP contribution in [0.1, 0.15) is 57.2 Å². The molecule has 0 saturated heterocycles. The van der Waals surface area contributed by atoms with Gasteiger partial charge in [-0.2, -0.15) is 5.10 Å². The highest BCUT2D eigenvalue weighted by molar-refractivity contribution is 5.78. The second-order valence-electron chi connectivity index (χ2n) is 5.62. The Balaban J connectivity index is 2.10. The Morgan fingerprint density at radius 1 is 1.26 bits per heavy atom. The maximum Gasteiger partial charge on any atom is 0.202 e. The lowest BCUT2D eigenvalue weighted by Gasteiger charge is -2.24. The second-order valence-corrected chi connectivity index (χ2v) is 5.62. The van der Waals surface area contributed by atoms with Gasteiger partial charge in [-0.15, -0.1) is 0 Å². The SMILES string of the molecule is CCCc1nn(C)c2c1nc(N)n2C1CCCCC1. The van der Waals surface area contributed by atoms with E-state index in [2.05, 4.69) is 21.6 Å². The first-order valence-corrected chi connectivity index (χ1v) is 7.41. The summed E-state index contributed by atoms with van der Waals surface area (Å²) in [6.45, 7) is 2.17. The maximum absolute atomic E-state index is 6.17. The van der Waals surface area contributed by atoms with Crippen LogP contribution < -0.4 is 5.73 Å². The number of anilines is 1. The Morgan fingerprint density at radius 2 is 2.00 bits per heavy atom. The topological polar surface area (TPSA) is 61.7 Å². The van der Waals surface area contributed by atoms with Crippen molar-refractivity contribution in [2.24, 2.45) is 7.05 Å². The Kier molecular flexibility index (Phi) is 3.21. The fourth-order valence-corrected chi connectivity index (χ4v) is 3.32. The minimum absolute atomic E-state index is 0.503. The van der Waals surface area contributed by atoms with E-state index in [9.17, 15) is 0 Å². The summed E-state index contributed by atoms with van der Waals surface area (Å²) in [5.41, 5.74) is 9.37. The van der Waals surface area contributed by atoms with Crippen LogP contribution in [0.2, 0.25) is 0 Å². The zero-order chi connectivity index (χ0) is 13.4. The smallest absolute Gasteiger partial charge is 0.202 e. The van der Waals surface area contributed by atoms with Crippen molar-refractivity contribution >= 4 is 17.1 Å². The van der Waals surface area contributed by atoms with Crippen molar-refractivity contribution in [1.82, 2.24) is 19.3 Å². The number of aromatic nitrogens is 4. The normalized spacial score (nSPS) is 17.4. The minimum atomic E-state index is 0.503. The van der Waals surface area contributed by atoms with Gasteiger partial charge in [0, 0.05) is 13.1 Å². The molecule has 1 saturated carbocycles. The number of fused-ring (bicyclic) bond motifs is 1. The van der Waals surface area contributed by atoms with Gasteiger partial charge in [-0.3, -0.25) is 9.25 Å². The number of hydrogen-bond acceptors (Lipinski definition) is 3. The van der Waals surface area contributed by atoms with Crippen LogP contribution in [-0.2, 0) is 13.5 Å². The van der Waals surface area contributed by atoms with Gasteiger partial charge in [0.1, 0.15) is 5.52 Å². The molecule has 2 aromatic heterocycles. The fraction of sp³-hybridized carbons (Fsp3) is 0.714. The van der Waals surface area contributed by atoms with Crippen LogP contribution in [0.4, 0.5) is 5.95 Å². The first-order chi connectivity index (χ1) is 9.22. The summed E-state index contributed by atoms with van der Waals surface area (Å²) >= 11 is 0. The zero-order valence-electron chi connectivity index (χ0n) is 11.9. The van der Waals surface area contributed by atoms with E-state index >= 15 is 0 Å². The lowest BCUT2D eigenvalue weighted by molar-refractivity contribution is 0.359. The van der Waals surface area contributed by atoms with Gasteiger partial charge in [0.2, 0.25) is 5.95 Å². The second kappa shape index (κ2) is 4.87. The number of imidazole rings is 1. The van der Waals surface area contributed by atoms with E-state index in [4.69, 9.17) is 5.73 Å². The molecule has 2 heterocycles. The molecule has 1 aliphatic carbocycles. The minimum Gasteiger partial charge on any atom is -0.369 e. The summed E-state index contributed by atoms with van der Waals surface area (Å²) < 4.78 is 4.18. The molecule has 1 fully saturated rings. The molecule has 0 spiro atoms. The van der Waals surface area contributed by atoms with Gasteiger partial charge in [-0.05, 0) is 19.3 Å². The van der Waals surface area contributed by atoms with Crippen molar-refractivity contribution in [3.05, 3.63) is 5.69 Å². The van der Waals surface area contributed by atoms with Crippen LogP contribution in [0, 0.1) is 0 Å². The largest absolute Gasteiger partial charge is 0.369 e. The number of nitrogen functional groups attached to an aromatic ring is 1. The number of hydrogen-bond donors (Lipinski definition) is 1. The summed E-state index contributed by atoms with van der Waals surface area (Å²) in [6, 6.07) is 0.503. The zero-order valence-corrected chi connectivity index (χ0v) is 11.9. The third-order valence-corrected chi connectivity index (χ3v) is 4.19. The standard InChI is InChI=1S/C14H23N5/c1-3-7-11-12-13(18(2)17-11)19(14(15)16-12)10-8-5-4-6-9-10/h10H,3-9H2,1-2H3,(H2,15,16). The van der Waals surface area contributed by atoms with E-state index < -0.39 is 0 Å². The van der Waals surface area contributed by atoms with Crippen molar-refractivity contribution < 1.29 is 0 Å². The van der Waals surface area contributed by atoms with Crippen LogP contribution in [0.3, 0.4) is 0 Å². The Morgan fingerprint density at radius 3 is 2.68 bits per heavy atom. The third-order valence-electron chi connectivity index (χ3n) is 4.19. The van der Waals surface area contributed by atoms with Crippen LogP contribution in [0.5, 0.6) is 0 Å². The van der Waals surface area contributed by atoms with Crippen molar-refractivity contribution in [3.8, 4) is 0 Å². The van der Waals surface area contributed by atoms with E-state index in [1.54, 1.807) is 0 Å². The van der Waals surface area contributed by atoms with E-state index in [1.807, 2.05) is 11.7 Å². The monoisotopic (exact) mass is 261 g/mol. The molecule has 19 heavy (non-hydrogen) atoms. The molecular formula is C14H23N5. The predicted octanol–water partition coefficient (Wildman–Crippen LogP) is 2.81. The van der Waals surface area contributed by atoms with E-state index in [-0.39, 0.29) is 0 Å². The van der Waals surface area contributed by atoms with Crippen LogP contribution in [0.15, 0.2) is 0 Å². The van der Waals surface area contributed by atoms with Crippen molar-refractivity contribution in [2.45, 2.75) is 57.9 Å². The molecule has 5 nitrogen and oxygen atoms in total. The van der Waals surface area contributed by atoms with Crippen LogP contribution in [-0.4, -0.2) is 19.3 Å². The summed E-state index contributed by atoms with van der Waals surface area (Å²) in [5, 5.41) is 4.61. The van der Waals surface area contributed by atoms with Crippen LogP contribution >= 0.6 is 0 Å². The highest BCUT2D eigenvalue weighted by Crippen LogP contribution is 2.34. The fourth-order valence-electron chi connectivity index (χ4n) is 3.32. The van der Waals surface area contributed by atoms with Gasteiger partial charge in [0.15, 0.2) is 5.65 Å². The summed E-state index contributed by atoms with van der Waals surface area (Å²) in [6.07, 6.45) is 8.42. The average Bonchev–Trinajstić information content (AvgIpc) is 2.89. The molecule has 0 atom stereocenters. The Hall–Kier alpha value is -1.52. The van der Waals surface area contributed by atoms with Gasteiger partial charge in [0.25, 0.3) is 0 Å². The third kappa shape index (κ3) is 2.01. The molecule has 2 aromatic rings. The molecule has 0 bridgehead atoms. The van der Waals surface area contributed by atoms with Gasteiger partial charge in [0.05, 0.1) is 5.69 Å². The highest BCUT2D eigenvalue weighted by Gasteiger charge is 2.24. The first-order valence-electron chi connectivity index (χ1n) is 7.41. The molecule has 104 valence electrons. The Labute approximate surface area is 113 Å². The molecule has 0 radical (unpaired) electrons. The molecule has 0 amide bonds. The quantitative estimate of drug-likeness (QED) is 0.924. The van der Waals surface area contributed by atoms with Crippen molar-refractivity contribution in [1.29, 1.82) is 0 Å². The van der Waals surface area contributed by atoms with Crippen molar-refractivity contribution in [2.75, 3.05) is 5.73 Å². The summed E-state index contributed by atoms with van der Waals surface area (Å²) in [5.74, 6) is 0.659. The molecule has 1 aliphatic rings. The van der Waals surface area contributed by atoms with Crippen molar-refractivity contribution in [3.63, 3.8) is 0 Å². The van der Waals surface area contributed by atoms with Crippen LogP contribution in [0.25, 0.3) is 11.2 Å². The average molecular weight is 261 g/mol.